The highest BCUT2D eigenvalue weighted by Gasteiger charge is 2.38. The maximum Gasteiger partial charge on any atom is 0.490 e. The van der Waals surface area contributed by atoms with Gasteiger partial charge in [0.05, 0.1) is 42.0 Å². The Labute approximate surface area is 191 Å². The number of carboxylic acids is 1. The molecule has 1 unspecified atom stereocenters. The minimum absolute atomic E-state index is 0.297. The summed E-state index contributed by atoms with van der Waals surface area (Å²) in [4.78, 5) is 21.7. The Bertz CT molecular complexity index is 1030. The molecule has 0 aromatic carbocycles. The van der Waals surface area contributed by atoms with Crippen LogP contribution in [-0.2, 0) is 29.2 Å². The van der Waals surface area contributed by atoms with Gasteiger partial charge in [0.1, 0.15) is 0 Å². The van der Waals surface area contributed by atoms with E-state index in [1.54, 1.807) is 11.3 Å². The SMILES string of the molecule is Cc1nc(COCC2CN(Cc3sccc3C)Cc3cncn32)cs1.O=C(O)C(F)(F)F. The zero-order valence-electron chi connectivity index (χ0n) is 17.5. The van der Waals surface area contributed by atoms with Crippen molar-refractivity contribution in [3.63, 3.8) is 0 Å². The number of thiazole rings is 1. The van der Waals surface area contributed by atoms with Gasteiger partial charge in [-0.25, -0.2) is 14.8 Å². The third kappa shape index (κ3) is 6.61. The molecule has 0 bridgehead atoms. The van der Waals surface area contributed by atoms with Crippen LogP contribution in [0.5, 0.6) is 0 Å². The number of ether oxygens (including phenoxy) is 1. The molecular formula is C20H23F3N4O3S2. The first kappa shape index (κ1) is 24.4. The van der Waals surface area contributed by atoms with Gasteiger partial charge >= 0.3 is 12.1 Å². The van der Waals surface area contributed by atoms with E-state index in [9.17, 15) is 13.2 Å². The molecule has 1 N–H and O–H groups in total. The van der Waals surface area contributed by atoms with Crippen LogP contribution in [-0.4, -0.2) is 49.8 Å². The first-order chi connectivity index (χ1) is 15.1. The summed E-state index contributed by atoms with van der Waals surface area (Å²) in [5.41, 5.74) is 3.67. The van der Waals surface area contributed by atoms with Crippen molar-refractivity contribution in [2.24, 2.45) is 0 Å². The van der Waals surface area contributed by atoms with Crippen molar-refractivity contribution in [2.45, 2.75) is 45.8 Å². The summed E-state index contributed by atoms with van der Waals surface area (Å²) >= 11 is 3.51. The van der Waals surface area contributed by atoms with Crippen LogP contribution < -0.4 is 0 Å². The second kappa shape index (κ2) is 10.6. The topological polar surface area (TPSA) is 80.5 Å². The molecule has 0 saturated carbocycles. The Morgan fingerprint density at radius 1 is 1.34 bits per heavy atom. The number of carbonyl (C=O) groups is 1. The number of alkyl halides is 3. The quantitative estimate of drug-likeness (QED) is 0.553. The van der Waals surface area contributed by atoms with Gasteiger partial charge < -0.3 is 14.4 Å². The van der Waals surface area contributed by atoms with Crippen molar-refractivity contribution < 1.29 is 27.8 Å². The first-order valence-electron chi connectivity index (χ1n) is 9.68. The number of imidazole rings is 1. The first-order valence-corrected chi connectivity index (χ1v) is 11.4. The van der Waals surface area contributed by atoms with Gasteiger partial charge in [-0.05, 0) is 30.9 Å². The van der Waals surface area contributed by atoms with Gasteiger partial charge in [-0.2, -0.15) is 13.2 Å². The molecule has 0 fully saturated rings. The maximum atomic E-state index is 10.6. The van der Waals surface area contributed by atoms with E-state index in [-0.39, 0.29) is 0 Å². The van der Waals surface area contributed by atoms with E-state index in [2.05, 4.69) is 43.2 Å². The number of carboxylic acid groups (broad SMARTS) is 1. The van der Waals surface area contributed by atoms with Crippen LogP contribution in [0.4, 0.5) is 13.2 Å². The highest BCUT2D eigenvalue weighted by molar-refractivity contribution is 7.10. The number of hydrogen-bond acceptors (Lipinski definition) is 7. The lowest BCUT2D eigenvalue weighted by Crippen LogP contribution is -2.38. The summed E-state index contributed by atoms with van der Waals surface area (Å²) in [5, 5.41) is 12.5. The van der Waals surface area contributed by atoms with E-state index in [0.29, 0.717) is 19.3 Å². The molecule has 1 aliphatic heterocycles. The van der Waals surface area contributed by atoms with Gasteiger partial charge in [0.25, 0.3) is 0 Å². The third-order valence-corrected chi connectivity index (χ3v) is 6.63. The number of halogens is 3. The average Bonchev–Trinajstić information content (AvgIpc) is 3.44. The zero-order chi connectivity index (χ0) is 23.3. The van der Waals surface area contributed by atoms with E-state index in [0.717, 1.165) is 30.3 Å². The van der Waals surface area contributed by atoms with Crippen LogP contribution in [0.1, 0.15) is 32.9 Å². The highest BCUT2D eigenvalue weighted by atomic mass is 32.1. The van der Waals surface area contributed by atoms with Crippen LogP contribution in [0, 0.1) is 13.8 Å². The number of fused-ring (bicyclic) bond motifs is 1. The molecule has 0 amide bonds. The number of thiophene rings is 1. The lowest BCUT2D eigenvalue weighted by atomic mass is 10.2. The summed E-state index contributed by atoms with van der Waals surface area (Å²) in [5.74, 6) is -2.76. The fourth-order valence-corrected chi connectivity index (χ4v) is 4.80. The van der Waals surface area contributed by atoms with Gasteiger partial charge in [0.15, 0.2) is 0 Å². The summed E-state index contributed by atoms with van der Waals surface area (Å²) in [7, 11) is 0. The Balaban J connectivity index is 0.000000360. The Kier molecular flexibility index (Phi) is 8.04. The van der Waals surface area contributed by atoms with Gasteiger partial charge in [-0.1, -0.05) is 0 Å². The van der Waals surface area contributed by atoms with E-state index >= 15 is 0 Å². The van der Waals surface area contributed by atoms with Crippen molar-refractivity contribution in [3.05, 3.63) is 56.2 Å². The smallest absolute Gasteiger partial charge is 0.475 e. The van der Waals surface area contributed by atoms with Gasteiger partial charge in [-0.15, -0.1) is 22.7 Å². The number of rotatable bonds is 6. The summed E-state index contributed by atoms with van der Waals surface area (Å²) in [6, 6.07) is 2.50. The average molecular weight is 489 g/mol. The molecule has 174 valence electrons. The maximum absolute atomic E-state index is 10.6. The molecule has 3 aromatic rings. The number of aromatic nitrogens is 3. The normalized spacial score (nSPS) is 16.3. The van der Waals surface area contributed by atoms with Crippen LogP contribution in [0.25, 0.3) is 0 Å². The molecule has 0 spiro atoms. The second-order valence-electron chi connectivity index (χ2n) is 7.32. The van der Waals surface area contributed by atoms with E-state index in [4.69, 9.17) is 14.6 Å². The van der Waals surface area contributed by atoms with Gasteiger partial charge in [0.2, 0.25) is 0 Å². The van der Waals surface area contributed by atoms with Crippen molar-refractivity contribution in [2.75, 3.05) is 13.2 Å². The van der Waals surface area contributed by atoms with Crippen molar-refractivity contribution in [1.29, 1.82) is 0 Å². The monoisotopic (exact) mass is 488 g/mol. The standard InChI is InChI=1S/C18H22N4OS2.C2HF3O2/c1-13-3-4-24-18(13)8-21-6-16-5-19-12-22(16)17(7-21)10-23-9-15-11-25-14(2)20-15;3-2(4,5)1(6)7/h3-5,11-12,17H,6-10H2,1-2H3;(H,6,7). The lowest BCUT2D eigenvalue weighted by molar-refractivity contribution is -0.192. The fourth-order valence-electron chi connectivity index (χ4n) is 3.26. The molecule has 0 aliphatic carbocycles. The fraction of sp³-hybridized carbons (Fsp3) is 0.450. The van der Waals surface area contributed by atoms with Crippen molar-refractivity contribution in [3.8, 4) is 0 Å². The van der Waals surface area contributed by atoms with Crippen LogP contribution in [0.3, 0.4) is 0 Å². The van der Waals surface area contributed by atoms with Crippen LogP contribution in [0.15, 0.2) is 29.4 Å². The minimum atomic E-state index is -5.08. The largest absolute Gasteiger partial charge is 0.490 e. The van der Waals surface area contributed by atoms with Gasteiger partial charge in [0, 0.05) is 36.1 Å². The highest BCUT2D eigenvalue weighted by Crippen LogP contribution is 2.25. The van der Waals surface area contributed by atoms with Gasteiger partial charge in [-0.3, -0.25) is 4.90 Å². The minimum Gasteiger partial charge on any atom is -0.475 e. The molecule has 0 saturated heterocycles. The molecule has 12 heteroatoms. The number of hydrogen-bond donors (Lipinski definition) is 1. The predicted octanol–water partition coefficient (Wildman–Crippen LogP) is 4.42. The van der Waals surface area contributed by atoms with Crippen molar-refractivity contribution >= 4 is 28.6 Å². The molecular weight excluding hydrogens is 465 g/mol. The summed E-state index contributed by atoms with van der Waals surface area (Å²) in [6.07, 6.45) is -1.17. The molecule has 4 rings (SSSR count). The molecule has 3 aromatic heterocycles. The molecule has 4 heterocycles. The summed E-state index contributed by atoms with van der Waals surface area (Å²) in [6.45, 7) is 8.40. The lowest BCUT2D eigenvalue weighted by Gasteiger charge is -2.34. The number of aryl methyl sites for hydroxylation is 2. The predicted molar refractivity (Wildman–Crippen MR) is 115 cm³/mol. The van der Waals surface area contributed by atoms with Crippen molar-refractivity contribution in [1.82, 2.24) is 19.4 Å². The Morgan fingerprint density at radius 2 is 2.09 bits per heavy atom. The molecule has 7 nitrogen and oxygen atoms in total. The van der Waals surface area contributed by atoms with E-state index in [1.165, 1.54) is 16.1 Å². The zero-order valence-corrected chi connectivity index (χ0v) is 19.1. The van der Waals surface area contributed by atoms with Crippen LogP contribution >= 0.6 is 22.7 Å². The van der Waals surface area contributed by atoms with E-state index in [1.807, 2.05) is 30.8 Å². The third-order valence-electron chi connectivity index (χ3n) is 4.80. The molecule has 1 atom stereocenters. The number of aliphatic carboxylic acids is 1. The summed E-state index contributed by atoms with van der Waals surface area (Å²) < 4.78 is 40.0. The van der Waals surface area contributed by atoms with E-state index < -0.39 is 12.1 Å². The number of nitrogens with zero attached hydrogens (tertiary/aromatic N) is 4. The van der Waals surface area contributed by atoms with Crippen LogP contribution in [0.2, 0.25) is 0 Å². The molecule has 32 heavy (non-hydrogen) atoms. The Hall–Kier alpha value is -2.28. The molecule has 1 aliphatic rings. The molecule has 0 radical (unpaired) electrons. The second-order valence-corrected chi connectivity index (χ2v) is 9.38. The Morgan fingerprint density at radius 3 is 2.69 bits per heavy atom.